The molecule has 2 N–H and O–H groups in total. The van der Waals surface area contributed by atoms with E-state index in [-0.39, 0.29) is 56.8 Å². The van der Waals surface area contributed by atoms with E-state index in [4.69, 9.17) is 20.4 Å². The molecule has 48 heavy (non-hydrogen) atoms. The summed E-state index contributed by atoms with van der Waals surface area (Å²) in [5.74, 6) is -0.888. The van der Waals surface area contributed by atoms with Crippen molar-refractivity contribution in [1.82, 2.24) is 19.8 Å². The fourth-order valence-electron chi connectivity index (χ4n) is 8.15. The molecule has 4 aromatic rings. The van der Waals surface area contributed by atoms with E-state index in [9.17, 15) is 18.8 Å². The average molecular weight is 676 g/mol. The normalized spacial score (nSPS) is 23.9. The van der Waals surface area contributed by atoms with Crippen LogP contribution in [0.4, 0.5) is 24.0 Å². The molecule has 3 fully saturated rings. The first kappa shape index (κ1) is 32.2. The van der Waals surface area contributed by atoms with Crippen LogP contribution in [0.25, 0.3) is 32.1 Å². The molecule has 3 aliphatic rings. The van der Waals surface area contributed by atoms with Crippen LogP contribution in [-0.4, -0.2) is 82.8 Å². The summed E-state index contributed by atoms with van der Waals surface area (Å²) in [5, 5.41) is 10.7. The van der Waals surface area contributed by atoms with Crippen molar-refractivity contribution >= 4 is 49.1 Å². The van der Waals surface area contributed by atoms with Gasteiger partial charge in [0, 0.05) is 42.9 Å². The van der Waals surface area contributed by atoms with Crippen molar-refractivity contribution in [2.45, 2.75) is 62.8 Å². The predicted octanol–water partition coefficient (Wildman–Crippen LogP) is 6.20. The highest BCUT2D eigenvalue weighted by Gasteiger charge is 2.49. The summed E-state index contributed by atoms with van der Waals surface area (Å²) in [6.07, 6.45) is 3.88. The number of carbonyl (C=O) groups excluding carboxylic acids is 1. The number of likely N-dealkylation sites (N-methyl/N-ethyl adjacent to an activating group) is 1. The monoisotopic (exact) mass is 675 g/mol. The number of nitriles is 1. The number of halogens is 3. The molecule has 2 aromatic carbocycles. The fourth-order valence-corrected chi connectivity index (χ4v) is 9.10. The van der Waals surface area contributed by atoms with Crippen LogP contribution < -0.4 is 15.4 Å². The van der Waals surface area contributed by atoms with E-state index in [1.807, 2.05) is 24.9 Å². The Morgan fingerprint density at radius 3 is 2.83 bits per heavy atom. The zero-order chi connectivity index (χ0) is 33.9. The molecule has 3 aliphatic heterocycles. The molecule has 0 radical (unpaired) electrons. The van der Waals surface area contributed by atoms with Gasteiger partial charge in [-0.25, -0.2) is 13.2 Å². The molecule has 0 unspecified atom stereocenters. The van der Waals surface area contributed by atoms with Gasteiger partial charge in [-0.2, -0.15) is 15.2 Å². The van der Waals surface area contributed by atoms with E-state index in [0.717, 1.165) is 30.7 Å². The Morgan fingerprint density at radius 2 is 2.08 bits per heavy atom. The molecule has 9 nitrogen and oxygen atoms in total. The molecule has 3 saturated heterocycles. The standard InChI is InChI=1S/C35H36F3N7O2S/c1-4-27-28(9-12-45(27)29(46)5-2)43(3)33-22-13-25(38)21(20-7-8-24(37)31-30(20)23(16-39)32(40)48-31)14-26(22)41-34(42-33)47-18-35-10-6-11-44(35)17-19(36)15-35/h5,7-8,13-14,19,27-28H,2,4,6,9-12,15,17-18,40H2,1,3H3/t19-,27+,28-,35+/m1/s1. The number of hydrogen-bond acceptors (Lipinski definition) is 9. The number of alkyl halides is 1. The fraction of sp³-hybridized carbons (Fsp3) is 0.429. The van der Waals surface area contributed by atoms with E-state index in [1.54, 1.807) is 11.0 Å². The van der Waals surface area contributed by atoms with Gasteiger partial charge in [-0.1, -0.05) is 19.6 Å². The molecule has 0 aliphatic carbocycles. The number of rotatable bonds is 8. The number of nitrogens with two attached hydrogens (primary N) is 1. The van der Waals surface area contributed by atoms with Crippen molar-refractivity contribution in [3.05, 3.63) is 54.1 Å². The Labute approximate surface area is 280 Å². The summed E-state index contributed by atoms with van der Waals surface area (Å²) in [5.41, 5.74) is 6.52. The third kappa shape index (κ3) is 5.13. The first-order valence-electron chi connectivity index (χ1n) is 16.2. The highest BCUT2D eigenvalue weighted by Crippen LogP contribution is 2.44. The van der Waals surface area contributed by atoms with E-state index in [1.165, 1.54) is 24.3 Å². The minimum absolute atomic E-state index is 0.0669. The Bertz CT molecular complexity index is 2000. The number of carbonyl (C=O) groups is 1. The number of aromatic nitrogens is 2. The van der Waals surface area contributed by atoms with Gasteiger partial charge in [0.05, 0.1) is 33.4 Å². The SMILES string of the molecule is C=CC(=O)N1CC[C@@H](N(C)c2nc(OC[C@@]34CCCN3C[C@H](F)C4)nc3cc(-c4ccc(F)c5sc(N)c(C#N)c45)c(F)cc23)[C@@H]1CC. The van der Waals surface area contributed by atoms with Gasteiger partial charge in [0.1, 0.15) is 41.3 Å². The molecule has 7 rings (SSSR count). The quantitative estimate of drug-likeness (QED) is 0.220. The minimum Gasteiger partial charge on any atom is -0.461 e. The van der Waals surface area contributed by atoms with Crippen LogP contribution >= 0.6 is 11.3 Å². The lowest BCUT2D eigenvalue weighted by atomic mass is 9.95. The Balaban J connectivity index is 1.36. The van der Waals surface area contributed by atoms with Gasteiger partial charge >= 0.3 is 6.01 Å². The van der Waals surface area contributed by atoms with Crippen LogP contribution in [-0.2, 0) is 4.79 Å². The van der Waals surface area contributed by atoms with Crippen molar-refractivity contribution in [1.29, 1.82) is 5.26 Å². The van der Waals surface area contributed by atoms with Crippen molar-refractivity contribution in [2.24, 2.45) is 0 Å². The summed E-state index contributed by atoms with van der Waals surface area (Å²) >= 11 is 0.944. The maximum Gasteiger partial charge on any atom is 0.319 e. The summed E-state index contributed by atoms with van der Waals surface area (Å²) in [7, 11) is 1.87. The second-order valence-electron chi connectivity index (χ2n) is 13.0. The van der Waals surface area contributed by atoms with Crippen molar-refractivity contribution < 1.29 is 22.7 Å². The van der Waals surface area contributed by atoms with Crippen LogP contribution in [0.1, 0.15) is 44.6 Å². The van der Waals surface area contributed by atoms with Crippen LogP contribution in [0.5, 0.6) is 6.01 Å². The molecule has 250 valence electrons. The zero-order valence-corrected chi connectivity index (χ0v) is 27.6. The number of anilines is 2. The molecule has 2 aromatic heterocycles. The highest BCUT2D eigenvalue weighted by atomic mass is 32.1. The number of thiophene rings is 1. The van der Waals surface area contributed by atoms with Gasteiger partial charge in [0.25, 0.3) is 0 Å². The van der Waals surface area contributed by atoms with Crippen LogP contribution in [0.3, 0.4) is 0 Å². The molecule has 0 saturated carbocycles. The van der Waals surface area contributed by atoms with E-state index < -0.39 is 23.3 Å². The van der Waals surface area contributed by atoms with Crippen molar-refractivity contribution in [3.8, 4) is 23.2 Å². The largest absolute Gasteiger partial charge is 0.461 e. The molecule has 5 heterocycles. The first-order chi connectivity index (χ1) is 23.1. The van der Waals surface area contributed by atoms with Crippen LogP contribution in [0.15, 0.2) is 36.9 Å². The van der Waals surface area contributed by atoms with Crippen LogP contribution in [0.2, 0.25) is 0 Å². The number of likely N-dealkylation sites (tertiary alicyclic amines) is 1. The van der Waals surface area contributed by atoms with Crippen molar-refractivity contribution in [2.75, 3.05) is 43.9 Å². The summed E-state index contributed by atoms with van der Waals surface area (Å²) in [6, 6.07) is 7.43. The molecule has 13 heteroatoms. The number of hydrogen-bond donors (Lipinski definition) is 1. The second-order valence-corrected chi connectivity index (χ2v) is 14.0. The van der Waals surface area contributed by atoms with E-state index >= 15 is 4.39 Å². The molecule has 0 bridgehead atoms. The number of ether oxygens (including phenoxy) is 1. The number of amides is 1. The lowest BCUT2D eigenvalue weighted by Gasteiger charge is -2.34. The highest BCUT2D eigenvalue weighted by molar-refractivity contribution is 7.23. The molecular weight excluding hydrogens is 639 g/mol. The van der Waals surface area contributed by atoms with Gasteiger partial charge in [-0.3, -0.25) is 9.69 Å². The Morgan fingerprint density at radius 1 is 1.27 bits per heavy atom. The maximum atomic E-state index is 16.3. The molecular formula is C35H36F3N7O2S. The van der Waals surface area contributed by atoms with Gasteiger partial charge < -0.3 is 20.3 Å². The summed E-state index contributed by atoms with van der Waals surface area (Å²) in [6.45, 7) is 7.60. The minimum atomic E-state index is -0.926. The lowest BCUT2D eigenvalue weighted by molar-refractivity contribution is -0.126. The van der Waals surface area contributed by atoms with Gasteiger partial charge in [0.2, 0.25) is 5.91 Å². The number of fused-ring (bicyclic) bond motifs is 3. The van der Waals surface area contributed by atoms with Crippen LogP contribution in [0, 0.1) is 23.0 Å². The topological polar surface area (TPSA) is 112 Å². The van der Waals surface area contributed by atoms with Gasteiger partial charge in [-0.05, 0) is 62.1 Å². The second kappa shape index (κ2) is 12.2. The lowest BCUT2D eigenvalue weighted by Crippen LogP contribution is -2.45. The Kier molecular flexibility index (Phi) is 8.20. The first-order valence-corrected chi connectivity index (χ1v) is 17.0. The third-order valence-corrected chi connectivity index (χ3v) is 11.4. The molecule has 0 spiro atoms. The number of benzene rings is 2. The van der Waals surface area contributed by atoms with Gasteiger partial charge in [0.15, 0.2) is 0 Å². The van der Waals surface area contributed by atoms with Gasteiger partial charge in [-0.15, -0.1) is 11.3 Å². The summed E-state index contributed by atoms with van der Waals surface area (Å²) in [4.78, 5) is 28.1. The average Bonchev–Trinajstić information content (AvgIpc) is 3.83. The molecule has 4 atom stereocenters. The predicted molar refractivity (Wildman–Crippen MR) is 181 cm³/mol. The molecule has 1 amide bonds. The van der Waals surface area contributed by atoms with E-state index in [0.29, 0.717) is 54.6 Å². The number of nitrogen functional groups attached to an aromatic ring is 1. The number of nitrogens with zero attached hydrogens (tertiary/aromatic N) is 6. The smallest absolute Gasteiger partial charge is 0.319 e. The maximum absolute atomic E-state index is 16.3. The van der Waals surface area contributed by atoms with E-state index in [2.05, 4.69) is 11.5 Å². The Hall–Kier alpha value is -4.41. The summed E-state index contributed by atoms with van der Waals surface area (Å²) < 4.78 is 52.1. The third-order valence-electron chi connectivity index (χ3n) is 10.4. The zero-order valence-electron chi connectivity index (χ0n) is 26.8. The van der Waals surface area contributed by atoms with Crippen molar-refractivity contribution in [3.63, 3.8) is 0 Å².